The molecule has 30 heavy (non-hydrogen) atoms. The average Bonchev–Trinajstić information content (AvgIpc) is 2.83. The molecule has 0 aliphatic carbocycles. The van der Waals surface area contributed by atoms with Gasteiger partial charge in [0, 0.05) is 37.0 Å². The number of anilines is 1. The smallest absolute Gasteiger partial charge is 0.252 e. The molecule has 2 aromatic carbocycles. The third kappa shape index (κ3) is 4.55. The molecule has 2 heterocycles. The van der Waals surface area contributed by atoms with Crippen LogP contribution < -0.4 is 10.2 Å². The quantitative estimate of drug-likeness (QED) is 0.643. The number of carbonyl (C=O) groups excluding carboxylic acids is 2. The second kappa shape index (κ2) is 9.33. The first kappa shape index (κ1) is 19.8. The van der Waals surface area contributed by atoms with Crippen LogP contribution in [0.2, 0.25) is 0 Å². The first-order valence-corrected chi connectivity index (χ1v) is 9.97. The number of rotatable bonds is 6. The van der Waals surface area contributed by atoms with E-state index in [0.29, 0.717) is 36.4 Å². The lowest BCUT2D eigenvalue weighted by Gasteiger charge is -2.27. The van der Waals surface area contributed by atoms with Crippen LogP contribution in [0.4, 0.5) is 5.82 Å². The van der Waals surface area contributed by atoms with Crippen LogP contribution in [0.1, 0.15) is 31.8 Å². The van der Waals surface area contributed by atoms with Gasteiger partial charge in [0.05, 0.1) is 18.8 Å². The SMILES string of the molecule is O=C(NCc1ccc(N2CCOCC2)nc1)c1ccccc1C(=O)c1ccccc1. The summed E-state index contributed by atoms with van der Waals surface area (Å²) < 4.78 is 5.37. The molecule has 1 amide bonds. The third-order valence-electron chi connectivity index (χ3n) is 5.05. The summed E-state index contributed by atoms with van der Waals surface area (Å²) in [5.74, 6) is 0.456. The van der Waals surface area contributed by atoms with Crippen molar-refractivity contribution < 1.29 is 14.3 Å². The van der Waals surface area contributed by atoms with E-state index in [1.54, 1.807) is 42.6 Å². The van der Waals surface area contributed by atoms with Crippen LogP contribution in [0.3, 0.4) is 0 Å². The molecular formula is C24H23N3O3. The van der Waals surface area contributed by atoms with E-state index in [2.05, 4.69) is 15.2 Å². The summed E-state index contributed by atoms with van der Waals surface area (Å²) in [6.45, 7) is 3.41. The number of morpholine rings is 1. The van der Waals surface area contributed by atoms with Crippen LogP contribution in [0.15, 0.2) is 72.9 Å². The molecule has 0 bridgehead atoms. The lowest BCUT2D eigenvalue weighted by molar-refractivity contribution is 0.0939. The van der Waals surface area contributed by atoms with Crippen molar-refractivity contribution in [1.29, 1.82) is 0 Å². The van der Waals surface area contributed by atoms with Gasteiger partial charge in [-0.25, -0.2) is 4.98 Å². The molecule has 3 aromatic rings. The van der Waals surface area contributed by atoms with Gasteiger partial charge in [0.2, 0.25) is 0 Å². The summed E-state index contributed by atoms with van der Waals surface area (Å²) in [5.41, 5.74) is 2.21. The molecule has 0 radical (unpaired) electrons. The summed E-state index contributed by atoms with van der Waals surface area (Å²) in [4.78, 5) is 32.3. The second-order valence-corrected chi connectivity index (χ2v) is 7.05. The number of hydrogen-bond acceptors (Lipinski definition) is 5. The van der Waals surface area contributed by atoms with Gasteiger partial charge in [0.15, 0.2) is 5.78 Å². The molecule has 152 valence electrons. The highest BCUT2D eigenvalue weighted by Gasteiger charge is 2.18. The van der Waals surface area contributed by atoms with Gasteiger partial charge in [-0.1, -0.05) is 54.6 Å². The van der Waals surface area contributed by atoms with Crippen molar-refractivity contribution in [2.24, 2.45) is 0 Å². The van der Waals surface area contributed by atoms with Crippen LogP contribution >= 0.6 is 0 Å². The van der Waals surface area contributed by atoms with Crippen molar-refractivity contribution in [2.45, 2.75) is 6.54 Å². The fraction of sp³-hybridized carbons (Fsp3) is 0.208. The minimum absolute atomic E-state index is 0.169. The second-order valence-electron chi connectivity index (χ2n) is 7.05. The van der Waals surface area contributed by atoms with E-state index in [0.717, 1.165) is 24.5 Å². The number of hydrogen-bond donors (Lipinski definition) is 1. The summed E-state index contributed by atoms with van der Waals surface area (Å²) in [5, 5.41) is 2.90. The van der Waals surface area contributed by atoms with Crippen molar-refractivity contribution in [3.8, 4) is 0 Å². The molecule has 4 rings (SSSR count). The van der Waals surface area contributed by atoms with Gasteiger partial charge in [0.1, 0.15) is 5.82 Å². The van der Waals surface area contributed by atoms with E-state index < -0.39 is 0 Å². The molecule has 1 aliphatic rings. The third-order valence-corrected chi connectivity index (χ3v) is 5.05. The van der Waals surface area contributed by atoms with Crippen molar-refractivity contribution in [3.05, 3.63) is 95.2 Å². The Morgan fingerprint density at radius 2 is 1.60 bits per heavy atom. The molecule has 1 N–H and O–H groups in total. The molecule has 1 fully saturated rings. The lowest BCUT2D eigenvalue weighted by atomic mass is 9.98. The summed E-state index contributed by atoms with van der Waals surface area (Å²) in [6, 6.07) is 19.8. The fourth-order valence-corrected chi connectivity index (χ4v) is 3.40. The maximum Gasteiger partial charge on any atom is 0.252 e. The van der Waals surface area contributed by atoms with Gasteiger partial charge in [-0.3, -0.25) is 9.59 Å². The number of amides is 1. The Labute approximate surface area is 175 Å². The monoisotopic (exact) mass is 401 g/mol. The Hall–Kier alpha value is -3.51. The van der Waals surface area contributed by atoms with E-state index in [1.165, 1.54) is 0 Å². The molecule has 0 atom stereocenters. The maximum atomic E-state index is 12.8. The summed E-state index contributed by atoms with van der Waals surface area (Å²) in [7, 11) is 0. The van der Waals surface area contributed by atoms with Gasteiger partial charge < -0.3 is 15.0 Å². The van der Waals surface area contributed by atoms with Gasteiger partial charge >= 0.3 is 0 Å². The number of pyridine rings is 1. The number of benzene rings is 2. The standard InChI is InChI=1S/C24H23N3O3/c28-23(19-6-2-1-3-7-19)20-8-4-5-9-21(20)24(29)26-17-18-10-11-22(25-16-18)27-12-14-30-15-13-27/h1-11,16H,12-15,17H2,(H,26,29). The first-order valence-electron chi connectivity index (χ1n) is 9.97. The van der Waals surface area contributed by atoms with Crippen LogP contribution in [0.5, 0.6) is 0 Å². The van der Waals surface area contributed by atoms with Gasteiger partial charge in [-0.05, 0) is 17.7 Å². The number of ether oxygens (including phenoxy) is 1. The zero-order valence-corrected chi connectivity index (χ0v) is 16.6. The van der Waals surface area contributed by atoms with Gasteiger partial charge in [-0.15, -0.1) is 0 Å². The van der Waals surface area contributed by atoms with E-state index in [9.17, 15) is 9.59 Å². The number of nitrogens with zero attached hydrogens (tertiary/aromatic N) is 2. The van der Waals surface area contributed by atoms with E-state index in [-0.39, 0.29) is 11.7 Å². The van der Waals surface area contributed by atoms with E-state index in [1.807, 2.05) is 30.3 Å². The van der Waals surface area contributed by atoms with Crippen molar-refractivity contribution in [3.63, 3.8) is 0 Å². The topological polar surface area (TPSA) is 71.5 Å². The Balaban J connectivity index is 1.43. The predicted octanol–water partition coefficient (Wildman–Crippen LogP) is 3.08. The van der Waals surface area contributed by atoms with E-state index in [4.69, 9.17) is 4.74 Å². The zero-order valence-electron chi connectivity index (χ0n) is 16.6. The number of aromatic nitrogens is 1. The first-order chi connectivity index (χ1) is 14.7. The Kier molecular flexibility index (Phi) is 6.15. The Morgan fingerprint density at radius 3 is 2.30 bits per heavy atom. The highest BCUT2D eigenvalue weighted by Crippen LogP contribution is 2.16. The average molecular weight is 401 g/mol. The molecule has 1 aliphatic heterocycles. The van der Waals surface area contributed by atoms with Gasteiger partial charge in [-0.2, -0.15) is 0 Å². The minimum Gasteiger partial charge on any atom is -0.378 e. The summed E-state index contributed by atoms with van der Waals surface area (Å²) >= 11 is 0. The highest BCUT2D eigenvalue weighted by atomic mass is 16.5. The highest BCUT2D eigenvalue weighted by molar-refractivity contribution is 6.15. The molecule has 1 saturated heterocycles. The lowest BCUT2D eigenvalue weighted by Crippen LogP contribution is -2.36. The van der Waals surface area contributed by atoms with Gasteiger partial charge in [0.25, 0.3) is 5.91 Å². The number of ketones is 1. The van der Waals surface area contributed by atoms with Crippen molar-refractivity contribution in [2.75, 3.05) is 31.2 Å². The number of carbonyl (C=O) groups is 2. The van der Waals surface area contributed by atoms with Crippen molar-refractivity contribution in [1.82, 2.24) is 10.3 Å². The van der Waals surface area contributed by atoms with Crippen LogP contribution in [0, 0.1) is 0 Å². The molecule has 1 aromatic heterocycles. The van der Waals surface area contributed by atoms with Crippen molar-refractivity contribution >= 4 is 17.5 Å². The molecule has 0 spiro atoms. The zero-order chi connectivity index (χ0) is 20.8. The molecule has 0 saturated carbocycles. The van der Waals surface area contributed by atoms with Crippen LogP contribution in [0.25, 0.3) is 0 Å². The molecular weight excluding hydrogens is 378 g/mol. The van der Waals surface area contributed by atoms with Crippen LogP contribution in [-0.2, 0) is 11.3 Å². The molecule has 0 unspecified atom stereocenters. The fourth-order valence-electron chi connectivity index (χ4n) is 3.40. The maximum absolute atomic E-state index is 12.8. The molecule has 6 nitrogen and oxygen atoms in total. The molecule has 6 heteroatoms. The van der Waals surface area contributed by atoms with Crippen LogP contribution in [-0.4, -0.2) is 43.0 Å². The number of nitrogens with one attached hydrogen (secondary N) is 1. The normalized spacial score (nSPS) is 13.7. The summed E-state index contributed by atoms with van der Waals surface area (Å²) in [6.07, 6.45) is 1.77. The largest absolute Gasteiger partial charge is 0.378 e. The minimum atomic E-state index is -0.285. The van der Waals surface area contributed by atoms with E-state index >= 15 is 0 Å². The predicted molar refractivity (Wildman–Crippen MR) is 115 cm³/mol. The Morgan fingerprint density at radius 1 is 0.900 bits per heavy atom. The Bertz CT molecular complexity index is 1010.